The van der Waals surface area contributed by atoms with Gasteiger partial charge in [0.05, 0.1) is 12.8 Å². The molecule has 38 heavy (non-hydrogen) atoms. The number of hydrogen-bond donors (Lipinski definition) is 2. The van der Waals surface area contributed by atoms with Crippen molar-refractivity contribution in [2.75, 3.05) is 49.7 Å². The number of hydrogen-bond acceptors (Lipinski definition) is 5. The molecule has 3 saturated heterocycles. The largest absolute Gasteiger partial charge is 0.376 e. The summed E-state index contributed by atoms with van der Waals surface area (Å²) in [6.07, 6.45) is 3.96. The summed E-state index contributed by atoms with van der Waals surface area (Å²) in [5.41, 5.74) is 2.14. The van der Waals surface area contributed by atoms with Gasteiger partial charge in [0.2, 0.25) is 5.91 Å². The van der Waals surface area contributed by atoms with E-state index in [4.69, 9.17) is 4.74 Å². The summed E-state index contributed by atoms with van der Waals surface area (Å²) >= 11 is 0. The van der Waals surface area contributed by atoms with E-state index >= 15 is 0 Å². The van der Waals surface area contributed by atoms with E-state index < -0.39 is 5.54 Å². The molecule has 5 rings (SSSR count). The first kappa shape index (κ1) is 26.0. The lowest BCUT2D eigenvalue weighted by Gasteiger charge is -2.43. The van der Waals surface area contributed by atoms with Gasteiger partial charge < -0.3 is 30.1 Å². The predicted molar refractivity (Wildman–Crippen MR) is 146 cm³/mol. The minimum absolute atomic E-state index is 0.00852. The summed E-state index contributed by atoms with van der Waals surface area (Å²) in [5.74, 6) is -0.228. The van der Waals surface area contributed by atoms with Gasteiger partial charge in [0, 0.05) is 37.6 Å². The first-order valence-corrected chi connectivity index (χ1v) is 13.6. The molecule has 9 nitrogen and oxygen atoms in total. The SMILES string of the molecule is CCc1ccc(NC(=O)N2CCC3(CC2)C(=O)N(CC(=O)NCC2CCCO2)CN3c2ccccc2)cc1. The van der Waals surface area contributed by atoms with Gasteiger partial charge in [-0.05, 0) is 61.9 Å². The number of nitrogens with zero attached hydrogens (tertiary/aromatic N) is 3. The molecule has 1 atom stereocenters. The van der Waals surface area contributed by atoms with E-state index in [0.29, 0.717) is 39.1 Å². The molecule has 4 amide bonds. The number of carbonyl (C=O) groups excluding carboxylic acids is 3. The van der Waals surface area contributed by atoms with Crippen molar-refractivity contribution >= 4 is 29.2 Å². The van der Waals surface area contributed by atoms with Crippen LogP contribution in [0.25, 0.3) is 0 Å². The highest BCUT2D eigenvalue weighted by atomic mass is 16.5. The fourth-order valence-electron chi connectivity index (χ4n) is 5.69. The highest BCUT2D eigenvalue weighted by Gasteiger charge is 2.54. The molecule has 1 unspecified atom stereocenters. The van der Waals surface area contributed by atoms with E-state index in [0.717, 1.165) is 37.2 Å². The highest BCUT2D eigenvalue weighted by Crippen LogP contribution is 2.39. The number of nitrogens with one attached hydrogen (secondary N) is 2. The highest BCUT2D eigenvalue weighted by molar-refractivity contribution is 5.97. The lowest BCUT2D eigenvalue weighted by atomic mass is 9.85. The Bertz CT molecular complexity index is 1130. The molecular formula is C29H37N5O4. The van der Waals surface area contributed by atoms with E-state index in [9.17, 15) is 14.4 Å². The van der Waals surface area contributed by atoms with Crippen LogP contribution in [0.5, 0.6) is 0 Å². The number of anilines is 2. The van der Waals surface area contributed by atoms with E-state index in [1.54, 1.807) is 9.80 Å². The zero-order chi connectivity index (χ0) is 26.5. The molecule has 3 aliphatic heterocycles. The second kappa shape index (κ2) is 11.4. The van der Waals surface area contributed by atoms with Crippen molar-refractivity contribution in [2.24, 2.45) is 0 Å². The normalized spacial score (nSPS) is 20.7. The van der Waals surface area contributed by atoms with Gasteiger partial charge in [0.25, 0.3) is 5.91 Å². The zero-order valence-corrected chi connectivity index (χ0v) is 22.0. The van der Waals surface area contributed by atoms with E-state index in [1.807, 2.05) is 54.6 Å². The van der Waals surface area contributed by atoms with Gasteiger partial charge in [0.15, 0.2) is 0 Å². The number of benzene rings is 2. The maximum absolute atomic E-state index is 13.9. The fraction of sp³-hybridized carbons (Fsp3) is 0.483. The molecule has 0 aromatic heterocycles. The molecule has 3 heterocycles. The number of para-hydroxylation sites is 1. The molecule has 2 N–H and O–H groups in total. The average molecular weight is 520 g/mol. The molecule has 3 fully saturated rings. The summed E-state index contributed by atoms with van der Waals surface area (Å²) in [4.78, 5) is 45.1. The van der Waals surface area contributed by atoms with Crippen LogP contribution in [0.4, 0.5) is 16.2 Å². The van der Waals surface area contributed by atoms with Crippen molar-refractivity contribution in [3.63, 3.8) is 0 Å². The number of rotatable bonds is 7. The van der Waals surface area contributed by atoms with Crippen LogP contribution in [0.2, 0.25) is 0 Å². The van der Waals surface area contributed by atoms with Gasteiger partial charge in [-0.2, -0.15) is 0 Å². The van der Waals surface area contributed by atoms with Gasteiger partial charge >= 0.3 is 6.03 Å². The van der Waals surface area contributed by atoms with Crippen LogP contribution in [0.1, 0.15) is 38.2 Å². The lowest BCUT2D eigenvalue weighted by Crippen LogP contribution is -2.58. The number of urea groups is 1. The summed E-state index contributed by atoms with van der Waals surface area (Å²) in [6.45, 7) is 4.56. The van der Waals surface area contributed by atoms with Gasteiger partial charge in [-0.25, -0.2) is 4.79 Å². The quantitative estimate of drug-likeness (QED) is 0.586. The van der Waals surface area contributed by atoms with Crippen LogP contribution in [0, 0.1) is 0 Å². The molecule has 202 valence electrons. The lowest BCUT2D eigenvalue weighted by molar-refractivity contribution is -0.137. The zero-order valence-electron chi connectivity index (χ0n) is 22.0. The first-order chi connectivity index (χ1) is 18.5. The average Bonchev–Trinajstić information content (AvgIpc) is 3.56. The first-order valence-electron chi connectivity index (χ1n) is 13.6. The van der Waals surface area contributed by atoms with Crippen LogP contribution in [0.3, 0.4) is 0 Å². The number of aryl methyl sites for hydroxylation is 1. The minimum Gasteiger partial charge on any atom is -0.376 e. The Hall–Kier alpha value is -3.59. The number of piperidine rings is 1. The van der Waals surface area contributed by atoms with Crippen LogP contribution in [-0.4, -0.2) is 78.7 Å². The third-order valence-electron chi connectivity index (χ3n) is 7.96. The maximum atomic E-state index is 13.9. The molecule has 1 spiro atoms. The summed E-state index contributed by atoms with van der Waals surface area (Å²) in [6, 6.07) is 17.6. The predicted octanol–water partition coefficient (Wildman–Crippen LogP) is 3.22. The standard InChI is InChI=1S/C29H37N5O4/c1-2-22-10-12-23(13-11-22)31-28(37)32-16-14-29(15-17-32)27(36)33(21-34(29)24-7-4-3-5-8-24)20-26(35)30-19-25-9-6-18-38-25/h3-5,7-8,10-13,25H,2,6,9,14-21H2,1H3,(H,30,35)(H,31,37). The molecule has 9 heteroatoms. The topological polar surface area (TPSA) is 94.2 Å². The summed E-state index contributed by atoms with van der Waals surface area (Å²) < 4.78 is 5.60. The van der Waals surface area contributed by atoms with Crippen molar-refractivity contribution in [3.8, 4) is 0 Å². The molecule has 0 bridgehead atoms. The maximum Gasteiger partial charge on any atom is 0.321 e. The van der Waals surface area contributed by atoms with Gasteiger partial charge in [-0.1, -0.05) is 37.3 Å². The second-order valence-corrected chi connectivity index (χ2v) is 10.3. The van der Waals surface area contributed by atoms with E-state index in [2.05, 4.69) is 22.5 Å². The van der Waals surface area contributed by atoms with E-state index in [-0.39, 0.29) is 30.5 Å². The second-order valence-electron chi connectivity index (χ2n) is 10.3. The van der Waals surface area contributed by atoms with Crippen molar-refractivity contribution in [3.05, 3.63) is 60.2 Å². The van der Waals surface area contributed by atoms with Crippen molar-refractivity contribution in [2.45, 2.75) is 50.7 Å². The molecule has 2 aromatic carbocycles. The molecular weight excluding hydrogens is 482 g/mol. The van der Waals surface area contributed by atoms with Crippen molar-refractivity contribution in [1.82, 2.24) is 15.1 Å². The fourth-order valence-corrected chi connectivity index (χ4v) is 5.69. The number of likely N-dealkylation sites (tertiary alicyclic amines) is 1. The molecule has 2 aromatic rings. The van der Waals surface area contributed by atoms with Gasteiger partial charge in [-0.3, -0.25) is 9.59 Å². The molecule has 0 aliphatic carbocycles. The number of ether oxygens (including phenoxy) is 1. The Morgan fingerprint density at radius 3 is 2.45 bits per heavy atom. The smallest absolute Gasteiger partial charge is 0.321 e. The van der Waals surface area contributed by atoms with Gasteiger partial charge in [-0.15, -0.1) is 0 Å². The van der Waals surface area contributed by atoms with Gasteiger partial charge in [0.1, 0.15) is 12.1 Å². The summed E-state index contributed by atoms with van der Waals surface area (Å²) in [7, 11) is 0. The Morgan fingerprint density at radius 1 is 1.05 bits per heavy atom. The van der Waals surface area contributed by atoms with Crippen molar-refractivity contribution in [1.29, 1.82) is 0 Å². The summed E-state index contributed by atoms with van der Waals surface area (Å²) in [5, 5.41) is 5.92. The number of carbonyl (C=O) groups is 3. The van der Waals surface area contributed by atoms with Crippen LogP contribution in [0.15, 0.2) is 54.6 Å². The Morgan fingerprint density at radius 2 is 1.79 bits per heavy atom. The third kappa shape index (κ3) is 5.48. The van der Waals surface area contributed by atoms with Crippen molar-refractivity contribution < 1.29 is 19.1 Å². The Kier molecular flexibility index (Phi) is 7.83. The third-order valence-corrected chi connectivity index (χ3v) is 7.96. The van der Waals surface area contributed by atoms with Crippen LogP contribution < -0.4 is 15.5 Å². The monoisotopic (exact) mass is 519 g/mol. The van der Waals surface area contributed by atoms with Crippen LogP contribution in [-0.2, 0) is 20.7 Å². The Balaban J connectivity index is 1.25. The molecule has 0 radical (unpaired) electrons. The molecule has 3 aliphatic rings. The van der Waals surface area contributed by atoms with E-state index in [1.165, 1.54) is 5.56 Å². The van der Waals surface area contributed by atoms with Crippen LogP contribution >= 0.6 is 0 Å². The molecule has 0 saturated carbocycles. The Labute approximate surface area is 224 Å². The minimum atomic E-state index is -0.782. The number of amides is 4.